The van der Waals surface area contributed by atoms with Crippen LogP contribution in [0.2, 0.25) is 0 Å². The average Bonchev–Trinajstić information content (AvgIpc) is 2.98. The van der Waals surface area contributed by atoms with Crippen molar-refractivity contribution in [2.45, 2.75) is 0 Å². The number of ether oxygens (including phenoxy) is 2. The van der Waals surface area contributed by atoms with E-state index in [1.807, 2.05) is 79.0 Å². The number of aliphatic imine (C=N–C) groups is 1. The zero-order valence-corrected chi connectivity index (χ0v) is 24.1. The number of benzene rings is 5. The summed E-state index contributed by atoms with van der Waals surface area (Å²) in [5.74, 6) is 1.82. The Bertz CT molecular complexity index is 1770. The molecular weight excluding hydrogens is 667 g/mol. The normalized spacial score (nSPS) is 10.7. The summed E-state index contributed by atoms with van der Waals surface area (Å²) < 4.78 is 10.9. The van der Waals surface area contributed by atoms with Crippen LogP contribution < -0.4 is 9.47 Å². The van der Waals surface area contributed by atoms with Gasteiger partial charge in [-0.2, -0.15) is 0 Å². The molecule has 0 spiro atoms. The van der Waals surface area contributed by atoms with Gasteiger partial charge >= 0.3 is 0 Å². The molecule has 5 aromatic carbocycles. The molecule has 7 heteroatoms. The zero-order valence-electron chi connectivity index (χ0n) is 21.7. The maximum atomic E-state index is 9.15. The molecule has 1 heterocycles. The van der Waals surface area contributed by atoms with Gasteiger partial charge in [0.15, 0.2) is 0 Å². The molecule has 6 rings (SSSR count). The number of para-hydroxylation sites is 1. The Kier molecular flexibility index (Phi) is 8.87. The van der Waals surface area contributed by atoms with Crippen LogP contribution in [-0.2, 0) is 20.1 Å². The molecule has 0 aliphatic carbocycles. The Morgan fingerprint density at radius 2 is 1.54 bits per heavy atom. The maximum Gasteiger partial charge on any atom is 0.124 e. The van der Waals surface area contributed by atoms with E-state index >= 15 is 0 Å². The molecule has 6 aromatic rings. The molecule has 0 saturated carbocycles. The number of phenols is 1. The molecule has 39 heavy (non-hydrogen) atoms. The minimum Gasteiger partial charge on any atom is -0.540 e. The fraction of sp³-hybridized carbons (Fsp3) is 0.0938. The van der Waals surface area contributed by atoms with Crippen molar-refractivity contribution in [3.63, 3.8) is 0 Å². The molecule has 0 atom stereocenters. The second-order valence-electron chi connectivity index (χ2n) is 8.50. The summed E-state index contributed by atoms with van der Waals surface area (Å²) in [4.78, 5) is 13.5. The van der Waals surface area contributed by atoms with Gasteiger partial charge < -0.3 is 19.6 Å². The summed E-state index contributed by atoms with van der Waals surface area (Å²) >= 11 is 0. The summed E-state index contributed by atoms with van der Waals surface area (Å²) in [5, 5.41) is 13.1. The van der Waals surface area contributed by atoms with E-state index < -0.39 is 0 Å². The van der Waals surface area contributed by atoms with Gasteiger partial charge in [-0.3, -0.25) is 9.98 Å². The van der Waals surface area contributed by atoms with Crippen molar-refractivity contribution in [1.29, 1.82) is 0 Å². The number of aromatic nitrogens is 2. The Hall–Kier alpha value is -4.32. The van der Waals surface area contributed by atoms with Gasteiger partial charge in [-0.1, -0.05) is 60.0 Å². The molecule has 0 fully saturated rings. The summed E-state index contributed by atoms with van der Waals surface area (Å²) in [7, 11) is 5.00. The van der Waals surface area contributed by atoms with Gasteiger partial charge in [-0.15, -0.1) is 17.5 Å². The predicted molar refractivity (Wildman–Crippen MR) is 154 cm³/mol. The summed E-state index contributed by atoms with van der Waals surface area (Å²) in [6.07, 6.45) is 3.44. The molecular formula is C32H26IrN3O3-. The first-order chi connectivity index (χ1) is 18.6. The van der Waals surface area contributed by atoms with Crippen molar-refractivity contribution in [2.24, 2.45) is 4.99 Å². The van der Waals surface area contributed by atoms with Gasteiger partial charge in [-0.25, -0.2) is 0 Å². The molecule has 6 nitrogen and oxygen atoms in total. The fourth-order valence-electron chi connectivity index (χ4n) is 4.33. The Morgan fingerprint density at radius 1 is 0.821 bits per heavy atom. The van der Waals surface area contributed by atoms with Crippen LogP contribution >= 0.6 is 0 Å². The summed E-state index contributed by atoms with van der Waals surface area (Å²) in [5.41, 5.74) is 4.32. The number of hydrogen-bond acceptors (Lipinski definition) is 6. The molecule has 0 saturated heterocycles. The van der Waals surface area contributed by atoms with Gasteiger partial charge in [0, 0.05) is 62.0 Å². The molecule has 0 aliphatic rings. The molecule has 1 aromatic heterocycles. The molecule has 0 unspecified atom stereocenters. The third-order valence-electron chi connectivity index (χ3n) is 6.21. The van der Waals surface area contributed by atoms with Crippen LogP contribution in [0.15, 0.2) is 96.1 Å². The van der Waals surface area contributed by atoms with E-state index in [1.54, 1.807) is 39.6 Å². The number of fused-ring (bicyclic) bond motifs is 6. The van der Waals surface area contributed by atoms with Gasteiger partial charge in [0.2, 0.25) is 0 Å². The maximum absolute atomic E-state index is 9.15. The number of phenolic OH excluding ortho intramolecular Hbond substituents is 1. The van der Waals surface area contributed by atoms with Crippen LogP contribution in [-0.4, -0.2) is 42.6 Å². The second kappa shape index (κ2) is 12.5. The smallest absolute Gasteiger partial charge is 0.124 e. The first-order valence-corrected chi connectivity index (χ1v) is 12.0. The summed E-state index contributed by atoms with van der Waals surface area (Å²) in [6, 6.07) is 30.4. The van der Waals surface area contributed by atoms with Crippen LogP contribution in [0.25, 0.3) is 43.8 Å². The predicted octanol–water partition coefficient (Wildman–Crippen LogP) is 6.86. The topological polar surface area (TPSA) is 76.8 Å². The zero-order chi connectivity index (χ0) is 26.5. The monoisotopic (exact) mass is 693 g/mol. The number of hydrogen-bond donors (Lipinski definition) is 1. The van der Waals surface area contributed by atoms with E-state index in [1.165, 1.54) is 0 Å². The standard InChI is InChI=1S/C24H17N2O2.C8H9NO.Ir/c1-27-16-8-10-18-20(12-16)21-13-17(28-2)9-11-19(21)24-23(18)25-14-22(26-24)15-6-4-3-5-7-15;1-9-6-7-4-2-3-5-8(7)10;/h3-9,11-14H,1-2H3;2-6,10H,1H3;/q-1;;. The first kappa shape index (κ1) is 27.7. The van der Waals surface area contributed by atoms with E-state index in [-0.39, 0.29) is 25.9 Å². The van der Waals surface area contributed by atoms with Crippen molar-refractivity contribution in [1.82, 2.24) is 9.97 Å². The van der Waals surface area contributed by atoms with Gasteiger partial charge in [0.1, 0.15) is 11.5 Å². The summed E-state index contributed by atoms with van der Waals surface area (Å²) in [6.45, 7) is 0. The van der Waals surface area contributed by atoms with Crippen molar-refractivity contribution < 1.29 is 34.7 Å². The van der Waals surface area contributed by atoms with E-state index in [0.717, 1.165) is 60.9 Å². The van der Waals surface area contributed by atoms with Crippen LogP contribution in [0.1, 0.15) is 5.56 Å². The SMILES string of the molecule is CN=Cc1ccccc1O.COc1c[c-]c2c(c1)c1cc(OC)ccc1c1nc(-c3ccccc3)cnc21.[Ir]. The quantitative estimate of drug-likeness (QED) is 0.124. The Morgan fingerprint density at radius 3 is 2.26 bits per heavy atom. The van der Waals surface area contributed by atoms with Gasteiger partial charge in [0.25, 0.3) is 0 Å². The molecule has 1 N–H and O–H groups in total. The average molecular weight is 693 g/mol. The largest absolute Gasteiger partial charge is 0.540 e. The first-order valence-electron chi connectivity index (χ1n) is 12.0. The van der Waals surface area contributed by atoms with Gasteiger partial charge in [0.05, 0.1) is 25.4 Å². The van der Waals surface area contributed by atoms with Crippen molar-refractivity contribution in [3.8, 4) is 28.5 Å². The molecule has 197 valence electrons. The van der Waals surface area contributed by atoms with Gasteiger partial charge in [-0.05, 0) is 35.0 Å². The number of aromatic hydroxyl groups is 1. The van der Waals surface area contributed by atoms with Crippen LogP contribution in [0.5, 0.6) is 17.2 Å². The van der Waals surface area contributed by atoms with Crippen LogP contribution in [0, 0.1) is 6.07 Å². The van der Waals surface area contributed by atoms with E-state index in [0.29, 0.717) is 0 Å². The van der Waals surface area contributed by atoms with E-state index in [4.69, 9.17) is 24.5 Å². The molecule has 1 radical (unpaired) electrons. The van der Waals surface area contributed by atoms with Crippen molar-refractivity contribution in [3.05, 3.63) is 103 Å². The fourth-order valence-corrected chi connectivity index (χ4v) is 4.33. The van der Waals surface area contributed by atoms with E-state index in [9.17, 15) is 0 Å². The second-order valence-corrected chi connectivity index (χ2v) is 8.50. The van der Waals surface area contributed by atoms with Crippen molar-refractivity contribution >= 4 is 38.8 Å². The molecule has 0 bridgehead atoms. The van der Waals surface area contributed by atoms with Crippen LogP contribution in [0.4, 0.5) is 0 Å². The third-order valence-corrected chi connectivity index (χ3v) is 6.21. The van der Waals surface area contributed by atoms with Crippen molar-refractivity contribution in [2.75, 3.05) is 21.3 Å². The number of methoxy groups -OCH3 is 2. The van der Waals surface area contributed by atoms with Crippen LogP contribution in [0.3, 0.4) is 0 Å². The minimum atomic E-state index is 0. The molecule has 0 aliphatic heterocycles. The van der Waals surface area contributed by atoms with E-state index in [2.05, 4.69) is 11.1 Å². The number of rotatable bonds is 4. The Balaban J connectivity index is 0.000000273. The minimum absolute atomic E-state index is 0. The Labute approximate surface area is 240 Å². The number of nitrogens with zero attached hydrogens (tertiary/aromatic N) is 3. The third kappa shape index (κ3) is 5.75. The molecule has 0 amide bonds.